The van der Waals surface area contributed by atoms with Crippen molar-refractivity contribution >= 4 is 51.0 Å². The summed E-state index contributed by atoms with van der Waals surface area (Å²) in [5, 5.41) is 7.45. The van der Waals surface area contributed by atoms with Gasteiger partial charge in [-0.25, -0.2) is 9.97 Å². The molecule has 4 aromatic rings. The standard InChI is InChI=1S/C24H18F5IN6O/c1-22(12-5-3-2-4-6-12)16-18(31)32-20(33-19(16)34-21(22)37)17-14-8-7-13(30)11-15(14)36(35-17)10-9-23(25,26)24(27,28)29/h2-8,11H,9-10H2,1H3,(H3,31,32,33,34,37). The van der Waals surface area contributed by atoms with Crippen LogP contribution in [0.25, 0.3) is 22.4 Å². The number of hydrogen-bond donors (Lipinski definition) is 2. The van der Waals surface area contributed by atoms with Crippen molar-refractivity contribution in [1.82, 2.24) is 19.7 Å². The second-order valence-corrected chi connectivity index (χ2v) is 10.0. The minimum atomic E-state index is -5.67. The van der Waals surface area contributed by atoms with Gasteiger partial charge in [-0.15, -0.1) is 0 Å². The molecule has 0 spiro atoms. The van der Waals surface area contributed by atoms with Gasteiger partial charge in [0.25, 0.3) is 0 Å². The molecule has 13 heteroatoms. The van der Waals surface area contributed by atoms with Gasteiger partial charge in [-0.05, 0) is 53.3 Å². The van der Waals surface area contributed by atoms with E-state index in [2.05, 4.69) is 20.4 Å². The molecular formula is C24H18F5IN6O. The molecule has 0 saturated carbocycles. The number of nitrogens with one attached hydrogen (secondary N) is 1. The van der Waals surface area contributed by atoms with E-state index in [4.69, 9.17) is 5.73 Å². The zero-order valence-electron chi connectivity index (χ0n) is 19.1. The number of benzene rings is 2. The molecule has 1 atom stereocenters. The predicted molar refractivity (Wildman–Crippen MR) is 135 cm³/mol. The molecule has 1 amide bonds. The Morgan fingerprint density at radius 2 is 1.78 bits per heavy atom. The normalized spacial score (nSPS) is 17.8. The van der Waals surface area contributed by atoms with Crippen LogP contribution >= 0.6 is 22.6 Å². The lowest BCUT2D eigenvalue weighted by Gasteiger charge is -2.23. The van der Waals surface area contributed by atoms with Gasteiger partial charge < -0.3 is 11.1 Å². The lowest BCUT2D eigenvalue weighted by molar-refractivity contribution is -0.285. The first-order valence-corrected chi connectivity index (χ1v) is 12.1. The molecule has 2 aromatic carbocycles. The van der Waals surface area contributed by atoms with Gasteiger partial charge in [0.15, 0.2) is 5.82 Å². The lowest BCUT2D eigenvalue weighted by Crippen LogP contribution is -2.37. The van der Waals surface area contributed by atoms with Crippen LogP contribution in [0, 0.1) is 3.57 Å². The summed E-state index contributed by atoms with van der Waals surface area (Å²) in [5.74, 6) is -5.04. The van der Waals surface area contributed by atoms with Crippen molar-refractivity contribution in [3.05, 3.63) is 63.2 Å². The Labute approximate surface area is 220 Å². The summed E-state index contributed by atoms with van der Waals surface area (Å²) in [6.07, 6.45) is -7.16. The number of carbonyl (C=O) groups is 1. The second kappa shape index (κ2) is 8.60. The van der Waals surface area contributed by atoms with Crippen molar-refractivity contribution in [3.63, 3.8) is 0 Å². The molecule has 5 rings (SSSR count). The molecule has 0 fully saturated rings. The number of fused-ring (bicyclic) bond motifs is 2. The molecule has 37 heavy (non-hydrogen) atoms. The van der Waals surface area contributed by atoms with Gasteiger partial charge >= 0.3 is 12.1 Å². The minimum Gasteiger partial charge on any atom is -0.383 e. The quantitative estimate of drug-likeness (QED) is 0.224. The molecule has 3 heterocycles. The first-order valence-electron chi connectivity index (χ1n) is 11.0. The largest absolute Gasteiger partial charge is 0.453 e. The molecular weight excluding hydrogens is 610 g/mol. The van der Waals surface area contributed by atoms with Crippen molar-refractivity contribution in [2.45, 2.75) is 37.4 Å². The molecule has 7 nitrogen and oxygen atoms in total. The first kappa shape index (κ1) is 25.3. The number of halogens is 6. The van der Waals surface area contributed by atoms with Crippen LogP contribution in [0.3, 0.4) is 0 Å². The van der Waals surface area contributed by atoms with Gasteiger partial charge in [-0.1, -0.05) is 30.3 Å². The summed E-state index contributed by atoms with van der Waals surface area (Å²) < 4.78 is 67.2. The Hall–Kier alpha value is -3.36. The van der Waals surface area contributed by atoms with E-state index in [0.29, 0.717) is 22.0 Å². The first-order chi connectivity index (χ1) is 17.3. The van der Waals surface area contributed by atoms with E-state index in [0.717, 1.165) is 8.25 Å². The molecule has 2 aromatic heterocycles. The Kier molecular flexibility index (Phi) is 5.88. The summed E-state index contributed by atoms with van der Waals surface area (Å²) in [4.78, 5) is 21.9. The second-order valence-electron chi connectivity index (χ2n) is 8.79. The van der Waals surface area contributed by atoms with Gasteiger partial charge in [0.05, 0.1) is 11.1 Å². The van der Waals surface area contributed by atoms with E-state index < -0.39 is 30.5 Å². The Morgan fingerprint density at radius 3 is 2.46 bits per heavy atom. The minimum absolute atomic E-state index is 0.00130. The molecule has 3 N–H and O–H groups in total. The molecule has 192 valence electrons. The van der Waals surface area contributed by atoms with E-state index in [1.54, 1.807) is 49.4 Å². The van der Waals surface area contributed by atoms with Crippen LogP contribution in [-0.4, -0.2) is 37.8 Å². The van der Waals surface area contributed by atoms with Crippen LogP contribution in [0.2, 0.25) is 0 Å². The number of nitrogens with zero attached hydrogens (tertiary/aromatic N) is 4. The fourth-order valence-electron chi connectivity index (χ4n) is 4.43. The Balaban J connectivity index is 1.61. The van der Waals surface area contributed by atoms with Gasteiger partial charge in [0.1, 0.15) is 22.7 Å². The Bertz CT molecular complexity index is 1540. The fourth-order valence-corrected chi connectivity index (χ4v) is 4.91. The molecule has 0 aliphatic carbocycles. The monoisotopic (exact) mass is 628 g/mol. The lowest BCUT2D eigenvalue weighted by atomic mass is 9.78. The van der Waals surface area contributed by atoms with Gasteiger partial charge in [-0.3, -0.25) is 9.48 Å². The number of nitrogen functional groups attached to an aromatic ring is 1. The van der Waals surface area contributed by atoms with E-state index in [1.165, 1.54) is 0 Å². The summed E-state index contributed by atoms with van der Waals surface area (Å²) in [5.41, 5.74) is 6.71. The topological polar surface area (TPSA) is 98.7 Å². The third-order valence-electron chi connectivity index (χ3n) is 6.45. The van der Waals surface area contributed by atoms with Crippen LogP contribution in [0.5, 0.6) is 0 Å². The number of carbonyl (C=O) groups excluding carboxylic acids is 1. The van der Waals surface area contributed by atoms with Crippen LogP contribution in [-0.2, 0) is 16.8 Å². The van der Waals surface area contributed by atoms with Crippen LogP contribution < -0.4 is 11.1 Å². The zero-order valence-corrected chi connectivity index (χ0v) is 21.2. The number of amides is 1. The maximum Gasteiger partial charge on any atom is 0.453 e. The third-order valence-corrected chi connectivity index (χ3v) is 7.12. The zero-order chi connectivity index (χ0) is 26.8. The van der Waals surface area contributed by atoms with E-state index in [9.17, 15) is 26.7 Å². The summed E-state index contributed by atoms with van der Waals surface area (Å²) in [7, 11) is 0. The van der Waals surface area contributed by atoms with Crippen LogP contribution in [0.15, 0.2) is 48.5 Å². The molecule has 0 radical (unpaired) electrons. The molecule has 1 aliphatic heterocycles. The maximum atomic E-state index is 13.6. The smallest absolute Gasteiger partial charge is 0.383 e. The van der Waals surface area contributed by atoms with Crippen molar-refractivity contribution in [1.29, 1.82) is 0 Å². The molecule has 1 aliphatic rings. The summed E-state index contributed by atoms with van der Waals surface area (Å²) in [6, 6.07) is 14.0. The van der Waals surface area contributed by atoms with Gasteiger partial charge in [0, 0.05) is 21.9 Å². The highest BCUT2D eigenvalue weighted by atomic mass is 127. The van der Waals surface area contributed by atoms with Gasteiger partial charge in [-0.2, -0.15) is 27.1 Å². The SMILES string of the molecule is CC1(c2ccccc2)C(=O)Nc2nc(-c3nn(CCC(F)(F)C(F)(F)F)c4cc(I)ccc34)nc(N)c21. The number of aromatic nitrogens is 4. The predicted octanol–water partition coefficient (Wildman–Crippen LogP) is 5.53. The van der Waals surface area contributed by atoms with Crippen molar-refractivity contribution < 1.29 is 26.7 Å². The van der Waals surface area contributed by atoms with Crippen molar-refractivity contribution in [3.8, 4) is 11.5 Å². The highest BCUT2D eigenvalue weighted by molar-refractivity contribution is 14.1. The van der Waals surface area contributed by atoms with Crippen LogP contribution in [0.4, 0.5) is 33.6 Å². The highest BCUT2D eigenvalue weighted by Crippen LogP contribution is 2.45. The van der Waals surface area contributed by atoms with Crippen molar-refractivity contribution in [2.24, 2.45) is 0 Å². The van der Waals surface area contributed by atoms with Gasteiger partial charge in [0.2, 0.25) is 5.91 Å². The third kappa shape index (κ3) is 4.08. The number of nitrogens with two attached hydrogens (primary N) is 1. The number of hydrogen-bond acceptors (Lipinski definition) is 5. The molecule has 0 saturated heterocycles. The number of alkyl halides is 5. The average Bonchev–Trinajstić information content (AvgIpc) is 3.32. The Morgan fingerprint density at radius 1 is 1.08 bits per heavy atom. The number of rotatable bonds is 5. The average molecular weight is 628 g/mol. The molecule has 0 bridgehead atoms. The van der Waals surface area contributed by atoms with E-state index in [1.807, 2.05) is 28.7 Å². The number of anilines is 2. The molecule has 1 unspecified atom stereocenters. The van der Waals surface area contributed by atoms with E-state index in [-0.39, 0.29) is 29.1 Å². The van der Waals surface area contributed by atoms with E-state index >= 15 is 0 Å². The summed E-state index contributed by atoms with van der Waals surface area (Å²) in [6.45, 7) is 1.00. The highest BCUT2D eigenvalue weighted by Gasteiger charge is 2.56. The maximum absolute atomic E-state index is 13.6. The summed E-state index contributed by atoms with van der Waals surface area (Å²) >= 11 is 2.00. The number of aryl methyl sites for hydroxylation is 1. The van der Waals surface area contributed by atoms with Crippen LogP contribution in [0.1, 0.15) is 24.5 Å². The fraction of sp³-hybridized carbons (Fsp3) is 0.250. The van der Waals surface area contributed by atoms with Crippen molar-refractivity contribution in [2.75, 3.05) is 11.1 Å².